The maximum Gasteiger partial charge on any atom is 0.309 e. The van der Waals surface area contributed by atoms with Gasteiger partial charge in [0, 0.05) is 19.2 Å². The normalized spacial score (nSPS) is 15.2. The Morgan fingerprint density at radius 2 is 1.86 bits per heavy atom. The van der Waals surface area contributed by atoms with Gasteiger partial charge in [-0.1, -0.05) is 6.07 Å². The summed E-state index contributed by atoms with van der Waals surface area (Å²) in [4.78, 5) is 26.1. The average molecular weight is 413 g/mol. The van der Waals surface area contributed by atoms with E-state index in [0.29, 0.717) is 50.6 Å². The number of benzene rings is 1. The summed E-state index contributed by atoms with van der Waals surface area (Å²) < 4.78 is 36.1. The lowest BCUT2D eigenvalue weighted by molar-refractivity contribution is -0.151. The molecule has 1 saturated heterocycles. The van der Waals surface area contributed by atoms with Crippen molar-refractivity contribution in [2.24, 2.45) is 5.92 Å². The molecule has 0 atom stereocenters. The number of likely N-dealkylation sites (tertiary alicyclic amines) is 1. The van der Waals surface area contributed by atoms with Crippen LogP contribution in [0.4, 0.5) is 5.69 Å². The molecule has 8 nitrogen and oxygen atoms in total. The summed E-state index contributed by atoms with van der Waals surface area (Å²) in [5.74, 6) is -0.205. The van der Waals surface area contributed by atoms with Crippen molar-refractivity contribution in [3.8, 4) is 5.75 Å². The Morgan fingerprint density at radius 3 is 2.43 bits per heavy atom. The Balaban J connectivity index is 2.07. The van der Waals surface area contributed by atoms with Crippen LogP contribution in [-0.2, 0) is 24.3 Å². The fraction of sp³-hybridized carbons (Fsp3) is 0.579. The molecule has 0 bridgehead atoms. The summed E-state index contributed by atoms with van der Waals surface area (Å²) in [5.41, 5.74) is 0.378. The molecule has 9 heteroatoms. The first kappa shape index (κ1) is 22.0. The van der Waals surface area contributed by atoms with Gasteiger partial charge in [-0.3, -0.25) is 13.9 Å². The second-order valence-corrected chi connectivity index (χ2v) is 8.51. The highest BCUT2D eigenvalue weighted by Gasteiger charge is 2.30. The summed E-state index contributed by atoms with van der Waals surface area (Å²) in [6, 6.07) is 6.65. The zero-order valence-electron chi connectivity index (χ0n) is 16.6. The molecule has 156 valence electrons. The van der Waals surface area contributed by atoms with Crippen LogP contribution in [0.15, 0.2) is 24.3 Å². The van der Waals surface area contributed by atoms with Crippen LogP contribution in [0, 0.1) is 5.92 Å². The number of amides is 1. The van der Waals surface area contributed by atoms with E-state index in [0.717, 1.165) is 10.6 Å². The van der Waals surface area contributed by atoms with E-state index in [1.807, 2.05) is 6.92 Å². The molecule has 1 aromatic rings. The summed E-state index contributed by atoms with van der Waals surface area (Å²) in [7, 11) is -3.66. The lowest BCUT2D eigenvalue weighted by Gasteiger charge is -2.32. The van der Waals surface area contributed by atoms with Gasteiger partial charge in [-0.2, -0.15) is 0 Å². The van der Waals surface area contributed by atoms with Gasteiger partial charge in [-0.25, -0.2) is 8.42 Å². The first-order valence-corrected chi connectivity index (χ1v) is 11.3. The van der Waals surface area contributed by atoms with E-state index < -0.39 is 10.0 Å². The van der Waals surface area contributed by atoms with E-state index >= 15 is 0 Å². The SMILES string of the molecule is CCOC(=O)C1CCN(C(=O)CN(c2cccc(OCC)c2)S(C)(=O)=O)CC1. The molecule has 0 N–H and O–H groups in total. The highest BCUT2D eigenvalue weighted by molar-refractivity contribution is 7.92. The second-order valence-electron chi connectivity index (χ2n) is 6.61. The number of sulfonamides is 1. The van der Waals surface area contributed by atoms with E-state index in [1.165, 1.54) is 0 Å². The van der Waals surface area contributed by atoms with Crippen LogP contribution in [0.1, 0.15) is 26.7 Å². The summed E-state index contributed by atoms with van der Waals surface area (Å²) in [5, 5.41) is 0. The number of nitrogens with zero attached hydrogens (tertiary/aromatic N) is 2. The van der Waals surface area contributed by atoms with E-state index in [1.54, 1.807) is 36.1 Å². The van der Waals surface area contributed by atoms with Gasteiger partial charge in [0.25, 0.3) is 0 Å². The third-order valence-electron chi connectivity index (χ3n) is 4.56. The fourth-order valence-electron chi connectivity index (χ4n) is 3.14. The van der Waals surface area contributed by atoms with Crippen molar-refractivity contribution in [1.82, 2.24) is 4.90 Å². The minimum atomic E-state index is -3.66. The van der Waals surface area contributed by atoms with Gasteiger partial charge in [0.2, 0.25) is 15.9 Å². The number of hydrogen-bond donors (Lipinski definition) is 0. The molecule has 1 amide bonds. The van der Waals surface area contributed by atoms with E-state index in [-0.39, 0.29) is 24.3 Å². The molecular weight excluding hydrogens is 384 g/mol. The fourth-order valence-corrected chi connectivity index (χ4v) is 3.98. The monoisotopic (exact) mass is 412 g/mol. The first-order chi connectivity index (χ1) is 13.3. The average Bonchev–Trinajstić information content (AvgIpc) is 2.66. The van der Waals surface area contributed by atoms with E-state index in [4.69, 9.17) is 9.47 Å². The Kier molecular flexibility index (Phi) is 7.68. The van der Waals surface area contributed by atoms with Crippen molar-refractivity contribution in [1.29, 1.82) is 0 Å². The molecule has 28 heavy (non-hydrogen) atoms. The minimum Gasteiger partial charge on any atom is -0.494 e. The van der Waals surface area contributed by atoms with Crippen molar-refractivity contribution in [3.05, 3.63) is 24.3 Å². The van der Waals surface area contributed by atoms with Gasteiger partial charge >= 0.3 is 5.97 Å². The first-order valence-electron chi connectivity index (χ1n) is 9.41. The molecule has 0 saturated carbocycles. The Bertz CT molecular complexity index is 787. The number of rotatable bonds is 8. The predicted octanol–water partition coefficient (Wildman–Crippen LogP) is 1.65. The molecule has 0 spiro atoms. The molecule has 0 aromatic heterocycles. The number of piperidine rings is 1. The highest BCUT2D eigenvalue weighted by atomic mass is 32.2. The van der Waals surface area contributed by atoms with Crippen molar-refractivity contribution in [3.63, 3.8) is 0 Å². The lowest BCUT2D eigenvalue weighted by atomic mass is 9.97. The van der Waals surface area contributed by atoms with Crippen LogP contribution >= 0.6 is 0 Å². The lowest BCUT2D eigenvalue weighted by Crippen LogP contribution is -2.46. The van der Waals surface area contributed by atoms with E-state index in [2.05, 4.69) is 0 Å². The summed E-state index contributed by atoms with van der Waals surface area (Å²) in [6.07, 6.45) is 2.10. The van der Waals surface area contributed by atoms with Crippen molar-refractivity contribution in [2.75, 3.05) is 43.4 Å². The number of carbonyl (C=O) groups excluding carboxylic acids is 2. The third-order valence-corrected chi connectivity index (χ3v) is 5.70. The molecule has 1 aliphatic rings. The van der Waals surface area contributed by atoms with Crippen LogP contribution in [-0.4, -0.2) is 64.3 Å². The second kappa shape index (κ2) is 9.77. The maximum atomic E-state index is 12.7. The van der Waals surface area contributed by atoms with Gasteiger partial charge in [-0.05, 0) is 38.8 Å². The van der Waals surface area contributed by atoms with Gasteiger partial charge in [0.1, 0.15) is 12.3 Å². The zero-order chi connectivity index (χ0) is 20.7. The molecular formula is C19H28N2O6S. The standard InChI is InChI=1S/C19H28N2O6S/c1-4-26-17-8-6-7-16(13-17)21(28(3,24)25)14-18(22)20-11-9-15(10-12-20)19(23)27-5-2/h6-8,13,15H,4-5,9-12,14H2,1-3H3. The van der Waals surface area contributed by atoms with Crippen LogP contribution < -0.4 is 9.04 Å². The smallest absolute Gasteiger partial charge is 0.309 e. The van der Waals surface area contributed by atoms with Crippen LogP contribution in [0.3, 0.4) is 0 Å². The summed E-state index contributed by atoms with van der Waals surface area (Å²) in [6.45, 7) is 4.90. The summed E-state index contributed by atoms with van der Waals surface area (Å²) >= 11 is 0. The number of hydrogen-bond acceptors (Lipinski definition) is 6. The van der Waals surface area contributed by atoms with E-state index in [9.17, 15) is 18.0 Å². The molecule has 1 aromatic carbocycles. The highest BCUT2D eigenvalue weighted by Crippen LogP contribution is 2.24. The molecule has 1 aliphatic heterocycles. The third kappa shape index (κ3) is 5.85. The molecule has 1 fully saturated rings. The zero-order valence-corrected chi connectivity index (χ0v) is 17.4. The maximum absolute atomic E-state index is 12.7. The quantitative estimate of drug-likeness (QED) is 0.603. The minimum absolute atomic E-state index is 0.210. The number of ether oxygens (including phenoxy) is 2. The molecule has 2 rings (SSSR count). The largest absolute Gasteiger partial charge is 0.494 e. The van der Waals surface area contributed by atoms with Crippen LogP contribution in [0.25, 0.3) is 0 Å². The number of anilines is 1. The molecule has 0 radical (unpaired) electrons. The van der Waals surface area contributed by atoms with Crippen LogP contribution in [0.2, 0.25) is 0 Å². The van der Waals surface area contributed by atoms with Crippen LogP contribution in [0.5, 0.6) is 5.75 Å². The number of esters is 1. The Labute approximate surface area is 166 Å². The van der Waals surface area contributed by atoms with Crippen molar-refractivity contribution >= 4 is 27.6 Å². The number of carbonyl (C=O) groups is 2. The van der Waals surface area contributed by atoms with Gasteiger partial charge in [0.05, 0.1) is 31.1 Å². The molecule has 1 heterocycles. The molecule has 0 aliphatic carbocycles. The van der Waals surface area contributed by atoms with Gasteiger partial charge in [-0.15, -0.1) is 0 Å². The van der Waals surface area contributed by atoms with Crippen molar-refractivity contribution < 1.29 is 27.5 Å². The van der Waals surface area contributed by atoms with Crippen molar-refractivity contribution in [2.45, 2.75) is 26.7 Å². The van der Waals surface area contributed by atoms with Gasteiger partial charge < -0.3 is 14.4 Å². The predicted molar refractivity (Wildman–Crippen MR) is 106 cm³/mol. The Hall–Kier alpha value is -2.29. The van der Waals surface area contributed by atoms with Gasteiger partial charge in [0.15, 0.2) is 0 Å². The molecule has 0 unspecified atom stereocenters. The topological polar surface area (TPSA) is 93.2 Å². The Morgan fingerprint density at radius 1 is 1.18 bits per heavy atom.